The zero-order valence-electron chi connectivity index (χ0n) is 26.8. The minimum absolute atomic E-state index is 0.686. The Hall–Kier alpha value is -7.26. The fourth-order valence-corrected chi connectivity index (χ4v) is 7.35. The number of nitrogens with zero attached hydrogens (tertiary/aromatic N) is 8. The first-order valence-corrected chi connectivity index (χ1v) is 16.6. The molecule has 0 atom stereocenters. The Morgan fingerprint density at radius 2 is 0.882 bits per heavy atom. The monoisotopic (exact) mass is 656 g/mol. The standard InChI is InChI=1S/C42H24N8O/c1-3-7-27(8-4-1)49-33-19-21-43-47-39(33)29-13-11-25(23-35(29)49)31-15-17-37-41(45-31)42-38(51-37)18-16-32(46-42)26-12-14-30-36(24-26)50(28-9-5-2-6-10-28)34-20-22-44-48-40(30)34/h1-24H. The molecule has 0 aliphatic carbocycles. The van der Waals surface area contributed by atoms with Gasteiger partial charge in [-0.15, -0.1) is 10.2 Å². The lowest BCUT2D eigenvalue weighted by Gasteiger charge is -2.08. The van der Waals surface area contributed by atoms with Gasteiger partial charge < -0.3 is 13.6 Å². The zero-order chi connectivity index (χ0) is 33.5. The lowest BCUT2D eigenvalue weighted by molar-refractivity contribution is 0.667. The molecule has 51 heavy (non-hydrogen) atoms. The van der Waals surface area contributed by atoms with Gasteiger partial charge in [-0.3, -0.25) is 0 Å². The molecule has 0 spiro atoms. The zero-order valence-corrected chi connectivity index (χ0v) is 26.8. The summed E-state index contributed by atoms with van der Waals surface area (Å²) in [6, 6.07) is 45.3. The Labute approximate surface area is 289 Å². The minimum atomic E-state index is 0.686. The van der Waals surface area contributed by atoms with Crippen LogP contribution in [-0.4, -0.2) is 39.5 Å². The van der Waals surface area contributed by atoms with Gasteiger partial charge in [0.2, 0.25) is 0 Å². The van der Waals surface area contributed by atoms with Crippen LogP contribution in [0.5, 0.6) is 0 Å². The number of benzene rings is 4. The lowest BCUT2D eigenvalue weighted by atomic mass is 10.1. The maximum absolute atomic E-state index is 6.24. The minimum Gasteiger partial charge on any atom is -0.453 e. The van der Waals surface area contributed by atoms with E-state index >= 15 is 0 Å². The van der Waals surface area contributed by atoms with Crippen LogP contribution in [0.3, 0.4) is 0 Å². The van der Waals surface area contributed by atoms with Gasteiger partial charge >= 0.3 is 0 Å². The van der Waals surface area contributed by atoms with Crippen LogP contribution in [0.25, 0.3) is 100.0 Å². The van der Waals surface area contributed by atoms with Gasteiger partial charge in [0.15, 0.2) is 11.2 Å². The summed E-state index contributed by atoms with van der Waals surface area (Å²) in [4.78, 5) is 10.3. The maximum atomic E-state index is 6.24. The Morgan fingerprint density at radius 3 is 1.35 bits per heavy atom. The summed E-state index contributed by atoms with van der Waals surface area (Å²) in [7, 11) is 0. The van der Waals surface area contributed by atoms with Gasteiger partial charge in [0.1, 0.15) is 22.1 Å². The highest BCUT2D eigenvalue weighted by Crippen LogP contribution is 2.37. The van der Waals surface area contributed by atoms with E-state index in [0.29, 0.717) is 22.2 Å². The number of hydrogen-bond donors (Lipinski definition) is 0. The van der Waals surface area contributed by atoms with Crippen molar-refractivity contribution in [1.82, 2.24) is 39.5 Å². The van der Waals surface area contributed by atoms with Crippen molar-refractivity contribution in [3.05, 3.63) is 146 Å². The van der Waals surface area contributed by atoms with E-state index in [0.717, 1.165) is 77.8 Å². The van der Waals surface area contributed by atoms with E-state index in [1.165, 1.54) is 0 Å². The van der Waals surface area contributed by atoms with Gasteiger partial charge in [0.25, 0.3) is 0 Å². The summed E-state index contributed by atoms with van der Waals surface area (Å²) in [6.45, 7) is 0. The third kappa shape index (κ3) is 4.15. The summed E-state index contributed by atoms with van der Waals surface area (Å²) in [5.74, 6) is 0. The van der Waals surface area contributed by atoms with Gasteiger partial charge in [0, 0.05) is 33.3 Å². The second-order valence-electron chi connectivity index (χ2n) is 12.5. The summed E-state index contributed by atoms with van der Waals surface area (Å²) in [5, 5.41) is 19.4. The van der Waals surface area contributed by atoms with Crippen molar-refractivity contribution >= 4 is 66.1 Å². The largest absolute Gasteiger partial charge is 0.453 e. The first kappa shape index (κ1) is 27.7. The van der Waals surface area contributed by atoms with Crippen molar-refractivity contribution in [3.8, 4) is 33.9 Å². The molecule has 7 aromatic heterocycles. The predicted octanol–water partition coefficient (Wildman–Crippen LogP) is 9.48. The van der Waals surface area contributed by atoms with Gasteiger partial charge in [-0.2, -0.15) is 10.2 Å². The van der Waals surface area contributed by atoms with Gasteiger partial charge in [-0.1, -0.05) is 48.5 Å². The van der Waals surface area contributed by atoms with Crippen molar-refractivity contribution in [1.29, 1.82) is 0 Å². The third-order valence-corrected chi connectivity index (χ3v) is 9.65. The van der Waals surface area contributed by atoms with Crippen LogP contribution in [-0.2, 0) is 0 Å². The normalized spacial score (nSPS) is 11.9. The molecule has 4 aromatic carbocycles. The van der Waals surface area contributed by atoms with Crippen LogP contribution in [0.2, 0.25) is 0 Å². The molecule has 7 heterocycles. The molecule has 0 radical (unpaired) electrons. The molecular weight excluding hydrogens is 633 g/mol. The highest BCUT2D eigenvalue weighted by atomic mass is 16.3. The van der Waals surface area contributed by atoms with Gasteiger partial charge in [-0.25, -0.2) is 9.97 Å². The maximum Gasteiger partial charge on any atom is 0.155 e. The van der Waals surface area contributed by atoms with Crippen molar-refractivity contribution < 1.29 is 4.42 Å². The third-order valence-electron chi connectivity index (χ3n) is 9.65. The molecule has 9 heteroatoms. The molecule has 9 nitrogen and oxygen atoms in total. The summed E-state index contributed by atoms with van der Waals surface area (Å²) in [6.07, 6.45) is 3.47. The van der Waals surface area contributed by atoms with Crippen LogP contribution < -0.4 is 0 Å². The molecule has 0 saturated carbocycles. The molecule has 11 rings (SSSR count). The van der Waals surface area contributed by atoms with Crippen LogP contribution >= 0.6 is 0 Å². The number of pyridine rings is 2. The molecule has 0 bridgehead atoms. The molecule has 0 aliphatic rings. The van der Waals surface area contributed by atoms with Gasteiger partial charge in [-0.05, 0) is 84.9 Å². The number of furan rings is 1. The van der Waals surface area contributed by atoms with E-state index in [-0.39, 0.29) is 0 Å². The van der Waals surface area contributed by atoms with Crippen molar-refractivity contribution in [2.45, 2.75) is 0 Å². The van der Waals surface area contributed by atoms with Gasteiger partial charge in [0.05, 0.1) is 45.8 Å². The summed E-state index contributed by atoms with van der Waals surface area (Å²) in [5.41, 5.74) is 14.3. The van der Waals surface area contributed by atoms with Crippen molar-refractivity contribution in [3.63, 3.8) is 0 Å². The van der Waals surface area contributed by atoms with E-state index in [9.17, 15) is 0 Å². The molecule has 0 saturated heterocycles. The predicted molar refractivity (Wildman–Crippen MR) is 200 cm³/mol. The van der Waals surface area contributed by atoms with Crippen LogP contribution in [0, 0.1) is 0 Å². The fraction of sp³-hybridized carbons (Fsp3) is 0. The Bertz CT molecular complexity index is 2930. The molecule has 11 aromatic rings. The molecule has 0 aliphatic heterocycles. The molecule has 0 N–H and O–H groups in total. The quantitative estimate of drug-likeness (QED) is 0.186. The SMILES string of the molecule is c1ccc(-n2c3cc(-c4ccc5oc6ccc(-c7ccc8c9nnccc9n(-c9ccccc9)c8c7)nc6c5n4)ccc3c3nnccc32)cc1. The van der Waals surface area contributed by atoms with E-state index < -0.39 is 0 Å². The van der Waals surface area contributed by atoms with E-state index in [1.54, 1.807) is 12.4 Å². The van der Waals surface area contributed by atoms with Crippen LogP contribution in [0.4, 0.5) is 0 Å². The van der Waals surface area contributed by atoms with E-state index in [4.69, 9.17) is 14.4 Å². The van der Waals surface area contributed by atoms with Crippen molar-refractivity contribution in [2.75, 3.05) is 0 Å². The highest BCUT2D eigenvalue weighted by Gasteiger charge is 2.18. The first-order chi connectivity index (χ1) is 25.3. The second-order valence-corrected chi connectivity index (χ2v) is 12.5. The molecular formula is C42H24N8O. The fourth-order valence-electron chi connectivity index (χ4n) is 7.35. The van der Waals surface area contributed by atoms with E-state index in [2.05, 4.69) is 90.2 Å². The average molecular weight is 657 g/mol. The molecule has 0 fully saturated rings. The second kappa shape index (κ2) is 10.6. The summed E-state index contributed by atoms with van der Waals surface area (Å²) >= 11 is 0. The molecule has 238 valence electrons. The van der Waals surface area contributed by atoms with E-state index in [1.807, 2.05) is 72.8 Å². The summed E-state index contributed by atoms with van der Waals surface area (Å²) < 4.78 is 10.7. The molecule has 0 amide bonds. The first-order valence-electron chi connectivity index (χ1n) is 16.6. The average Bonchev–Trinajstić information content (AvgIpc) is 3.85. The van der Waals surface area contributed by atoms with Crippen molar-refractivity contribution in [2.24, 2.45) is 0 Å². The smallest absolute Gasteiger partial charge is 0.155 e. The lowest BCUT2D eigenvalue weighted by Crippen LogP contribution is -1.94. The number of hydrogen-bond acceptors (Lipinski definition) is 7. The molecule has 0 unspecified atom stereocenters. The van der Waals surface area contributed by atoms with Crippen LogP contribution in [0.1, 0.15) is 0 Å². The topological polar surface area (TPSA) is 100 Å². The van der Waals surface area contributed by atoms with Crippen LogP contribution in [0.15, 0.2) is 150 Å². The number of aromatic nitrogens is 8. The number of para-hydroxylation sites is 2. The number of rotatable bonds is 4. The Balaban J connectivity index is 1.07. The highest BCUT2D eigenvalue weighted by molar-refractivity contribution is 6.09. The number of fused-ring (bicyclic) bond motifs is 9. The Morgan fingerprint density at radius 1 is 0.412 bits per heavy atom. The Kier molecular flexibility index (Phi) is 5.76.